The topological polar surface area (TPSA) is 63.1 Å². The van der Waals surface area contributed by atoms with Gasteiger partial charge in [-0.3, -0.25) is 14.4 Å². The Balaban J connectivity index is 1.49. The molecule has 2 aromatic rings. The van der Waals surface area contributed by atoms with E-state index in [-0.39, 0.29) is 24.8 Å². The van der Waals surface area contributed by atoms with Gasteiger partial charge in [0.2, 0.25) is 5.91 Å². The largest absolute Gasteiger partial charge is 0.491 e. The molecule has 2 fully saturated rings. The first-order valence-electron chi connectivity index (χ1n) is 11.5. The molecular weight excluding hydrogens is 425 g/mol. The van der Waals surface area contributed by atoms with Crippen LogP contribution >= 0.6 is 0 Å². The summed E-state index contributed by atoms with van der Waals surface area (Å²) in [6.45, 7) is 8.05. The van der Waals surface area contributed by atoms with Crippen LogP contribution in [0.2, 0.25) is 0 Å². The summed E-state index contributed by atoms with van der Waals surface area (Å²) < 4.78 is 27.5. The highest BCUT2D eigenvalue weighted by Gasteiger charge is 2.41. The van der Waals surface area contributed by atoms with E-state index in [0.717, 1.165) is 50.5 Å². The summed E-state index contributed by atoms with van der Waals surface area (Å²) >= 11 is 0. The summed E-state index contributed by atoms with van der Waals surface area (Å²) in [6.07, 6.45) is 2.12. The second kappa shape index (κ2) is 10.2. The molecule has 8 nitrogen and oxygen atoms in total. The smallest absolute Gasteiger partial charge is 0.225 e. The molecule has 0 aliphatic carbocycles. The number of halogens is 1. The fraction of sp³-hybridized carbons (Fsp3) is 0.583. The van der Waals surface area contributed by atoms with Gasteiger partial charge in [0.1, 0.15) is 23.8 Å². The minimum Gasteiger partial charge on any atom is -0.491 e. The Morgan fingerprint density at radius 1 is 1.15 bits per heavy atom. The molecule has 1 aromatic heterocycles. The summed E-state index contributed by atoms with van der Waals surface area (Å²) in [6, 6.07) is 5.95. The van der Waals surface area contributed by atoms with Crippen LogP contribution in [0.25, 0.3) is 0 Å². The highest BCUT2D eigenvalue weighted by Crippen LogP contribution is 2.27. The van der Waals surface area contributed by atoms with E-state index in [9.17, 15) is 9.18 Å². The van der Waals surface area contributed by atoms with Gasteiger partial charge >= 0.3 is 0 Å². The van der Waals surface area contributed by atoms with Crippen LogP contribution in [0, 0.1) is 12.7 Å². The van der Waals surface area contributed by atoms with Crippen LogP contribution in [0.1, 0.15) is 17.7 Å². The number of aryl methyl sites for hydroxylation is 2. The third-order valence-electron chi connectivity index (χ3n) is 6.62. The molecule has 0 spiro atoms. The van der Waals surface area contributed by atoms with E-state index >= 15 is 0 Å². The first-order valence-corrected chi connectivity index (χ1v) is 11.5. The standard InChI is InChI=1S/C24H34FN5O3/c1-19-15-26-28(3)22(19)16-29-12-13-33-24(17-29,18-32-21-6-4-20(25)5-7-21)14-23(31)30-10-8-27(2)9-11-30/h4-7,15H,8-14,16-18H2,1-3H3/t24-/m1/s1. The van der Waals surface area contributed by atoms with Crippen LogP contribution in [0.4, 0.5) is 4.39 Å². The fourth-order valence-electron chi connectivity index (χ4n) is 4.50. The number of carbonyl (C=O) groups excluding carboxylic acids is 1. The molecule has 2 aliphatic rings. The van der Waals surface area contributed by atoms with Crippen molar-refractivity contribution in [2.75, 3.05) is 59.5 Å². The van der Waals surface area contributed by atoms with Crippen LogP contribution in [-0.2, 0) is 23.1 Å². The average molecular weight is 460 g/mol. The quantitative estimate of drug-likeness (QED) is 0.628. The summed E-state index contributed by atoms with van der Waals surface area (Å²) in [4.78, 5) is 19.7. The van der Waals surface area contributed by atoms with Crippen LogP contribution in [-0.4, -0.2) is 95.5 Å². The molecule has 180 valence electrons. The number of carbonyl (C=O) groups is 1. The summed E-state index contributed by atoms with van der Waals surface area (Å²) in [5, 5.41) is 4.36. The SMILES string of the molecule is Cc1cnn(C)c1CN1CCO[C@](COc2ccc(F)cc2)(CC(=O)N2CCN(C)CC2)C1. The maximum atomic E-state index is 13.3. The van der Waals surface area contributed by atoms with Gasteiger partial charge in [0.05, 0.1) is 24.9 Å². The number of likely N-dealkylation sites (N-methyl/N-ethyl adjacent to an activating group) is 1. The van der Waals surface area contributed by atoms with Gasteiger partial charge in [-0.15, -0.1) is 0 Å². The Morgan fingerprint density at radius 3 is 2.55 bits per heavy atom. The maximum absolute atomic E-state index is 13.3. The Bertz CT molecular complexity index is 923. The number of hydrogen-bond acceptors (Lipinski definition) is 6. The first-order chi connectivity index (χ1) is 15.8. The third kappa shape index (κ3) is 5.90. The summed E-state index contributed by atoms with van der Waals surface area (Å²) in [7, 11) is 4.02. The van der Waals surface area contributed by atoms with Gasteiger partial charge in [-0.05, 0) is 43.8 Å². The number of morpholine rings is 1. The number of aromatic nitrogens is 2. The summed E-state index contributed by atoms with van der Waals surface area (Å²) in [5.74, 6) is 0.337. The summed E-state index contributed by atoms with van der Waals surface area (Å²) in [5.41, 5.74) is 1.51. The number of hydrogen-bond donors (Lipinski definition) is 0. The molecule has 4 rings (SSSR count). The molecule has 0 bridgehead atoms. The van der Waals surface area contributed by atoms with Gasteiger partial charge in [-0.1, -0.05) is 0 Å². The number of piperazine rings is 1. The van der Waals surface area contributed by atoms with E-state index in [4.69, 9.17) is 9.47 Å². The zero-order valence-corrected chi connectivity index (χ0v) is 19.8. The van der Waals surface area contributed by atoms with E-state index in [1.165, 1.54) is 12.1 Å². The van der Waals surface area contributed by atoms with Gasteiger partial charge in [0, 0.05) is 52.9 Å². The zero-order chi connectivity index (χ0) is 23.4. The van der Waals surface area contributed by atoms with E-state index in [0.29, 0.717) is 18.9 Å². The lowest BCUT2D eigenvalue weighted by atomic mass is 9.96. The second-order valence-electron chi connectivity index (χ2n) is 9.24. The highest BCUT2D eigenvalue weighted by atomic mass is 19.1. The molecule has 2 aliphatic heterocycles. The van der Waals surface area contributed by atoms with E-state index in [2.05, 4.69) is 28.9 Å². The number of ether oxygens (including phenoxy) is 2. The predicted octanol–water partition coefficient (Wildman–Crippen LogP) is 1.68. The Kier molecular flexibility index (Phi) is 7.31. The number of rotatable bonds is 7. The van der Waals surface area contributed by atoms with Gasteiger partial charge in [0.25, 0.3) is 0 Å². The first kappa shape index (κ1) is 23.7. The van der Waals surface area contributed by atoms with Gasteiger partial charge in [0.15, 0.2) is 0 Å². The van der Waals surface area contributed by atoms with Crippen molar-refractivity contribution in [2.24, 2.45) is 7.05 Å². The monoisotopic (exact) mass is 459 g/mol. The van der Waals surface area contributed by atoms with Crippen molar-refractivity contribution < 1.29 is 18.7 Å². The van der Waals surface area contributed by atoms with Crippen molar-refractivity contribution in [1.29, 1.82) is 0 Å². The number of amides is 1. The molecule has 0 radical (unpaired) electrons. The minimum absolute atomic E-state index is 0.0874. The minimum atomic E-state index is -0.778. The molecule has 1 amide bonds. The zero-order valence-electron chi connectivity index (χ0n) is 19.8. The Hall–Kier alpha value is -2.49. The normalized spacial score (nSPS) is 22.5. The molecule has 2 saturated heterocycles. The molecule has 0 saturated carbocycles. The van der Waals surface area contributed by atoms with Crippen LogP contribution in [0.5, 0.6) is 5.75 Å². The van der Waals surface area contributed by atoms with Gasteiger partial charge < -0.3 is 19.3 Å². The van der Waals surface area contributed by atoms with Gasteiger partial charge in [-0.2, -0.15) is 5.10 Å². The van der Waals surface area contributed by atoms with Crippen LogP contribution < -0.4 is 4.74 Å². The van der Waals surface area contributed by atoms with Crippen molar-refractivity contribution in [3.05, 3.63) is 47.5 Å². The van der Waals surface area contributed by atoms with E-state index in [1.807, 2.05) is 22.8 Å². The van der Waals surface area contributed by atoms with Crippen LogP contribution in [0.15, 0.2) is 30.5 Å². The fourth-order valence-corrected chi connectivity index (χ4v) is 4.50. The van der Waals surface area contributed by atoms with Crippen molar-refractivity contribution >= 4 is 5.91 Å². The van der Waals surface area contributed by atoms with Crippen LogP contribution in [0.3, 0.4) is 0 Å². The Morgan fingerprint density at radius 2 is 1.88 bits per heavy atom. The maximum Gasteiger partial charge on any atom is 0.225 e. The lowest BCUT2D eigenvalue weighted by Crippen LogP contribution is -2.58. The predicted molar refractivity (Wildman–Crippen MR) is 122 cm³/mol. The molecule has 33 heavy (non-hydrogen) atoms. The van der Waals surface area contributed by atoms with E-state index in [1.54, 1.807) is 12.1 Å². The van der Waals surface area contributed by atoms with Crippen molar-refractivity contribution in [2.45, 2.75) is 25.5 Å². The number of benzene rings is 1. The van der Waals surface area contributed by atoms with Gasteiger partial charge in [-0.25, -0.2) is 4.39 Å². The molecule has 0 unspecified atom stereocenters. The molecule has 3 heterocycles. The Labute approximate surface area is 194 Å². The van der Waals surface area contributed by atoms with Crippen molar-refractivity contribution in [3.8, 4) is 5.75 Å². The lowest BCUT2D eigenvalue weighted by molar-refractivity contribution is -0.158. The molecule has 1 aromatic carbocycles. The highest BCUT2D eigenvalue weighted by molar-refractivity contribution is 5.77. The van der Waals surface area contributed by atoms with Crippen molar-refractivity contribution in [3.63, 3.8) is 0 Å². The second-order valence-corrected chi connectivity index (χ2v) is 9.24. The molecule has 9 heteroatoms. The van der Waals surface area contributed by atoms with Crippen molar-refractivity contribution in [1.82, 2.24) is 24.5 Å². The molecule has 0 N–H and O–H groups in total. The molecule has 1 atom stereocenters. The molecular formula is C24H34FN5O3. The lowest BCUT2D eigenvalue weighted by Gasteiger charge is -2.43. The van der Waals surface area contributed by atoms with E-state index < -0.39 is 5.60 Å². The number of nitrogens with zero attached hydrogens (tertiary/aromatic N) is 5. The average Bonchev–Trinajstić information content (AvgIpc) is 3.11. The third-order valence-corrected chi connectivity index (χ3v) is 6.62.